The summed E-state index contributed by atoms with van der Waals surface area (Å²) >= 11 is 1.36. The van der Waals surface area contributed by atoms with E-state index < -0.39 is 0 Å². The van der Waals surface area contributed by atoms with E-state index in [1.54, 1.807) is 6.92 Å². The van der Waals surface area contributed by atoms with Gasteiger partial charge in [0.25, 0.3) is 0 Å². The zero-order chi connectivity index (χ0) is 14.1. The molecule has 0 aromatic carbocycles. The summed E-state index contributed by atoms with van der Waals surface area (Å²) in [6, 6.07) is 0. The summed E-state index contributed by atoms with van der Waals surface area (Å²) in [7, 11) is 0. The number of likely N-dealkylation sites (tertiary alicyclic amines) is 1. The highest BCUT2D eigenvalue weighted by molar-refractivity contribution is 7.15. The molecule has 1 aliphatic heterocycles. The average molecular weight is 294 g/mol. The van der Waals surface area contributed by atoms with Crippen molar-refractivity contribution < 1.29 is 9.32 Å². The number of amides is 1. The van der Waals surface area contributed by atoms with Crippen LogP contribution in [0.2, 0.25) is 0 Å². The van der Waals surface area contributed by atoms with E-state index in [1.165, 1.54) is 11.3 Å². The molecule has 0 aliphatic carbocycles. The van der Waals surface area contributed by atoms with Gasteiger partial charge in [-0.05, 0) is 13.8 Å². The average Bonchev–Trinajstić information content (AvgIpc) is 2.92. The molecule has 1 saturated heterocycles. The van der Waals surface area contributed by atoms with Crippen LogP contribution in [0, 0.1) is 13.8 Å². The van der Waals surface area contributed by atoms with Crippen LogP contribution < -0.4 is 5.32 Å². The minimum absolute atomic E-state index is 0.0821. The Morgan fingerprint density at radius 2 is 2.25 bits per heavy atom. The van der Waals surface area contributed by atoms with E-state index in [4.69, 9.17) is 4.52 Å². The number of aryl methyl sites for hydroxylation is 2. The van der Waals surface area contributed by atoms with Crippen molar-refractivity contribution in [3.63, 3.8) is 0 Å². The first-order chi connectivity index (χ1) is 9.60. The maximum Gasteiger partial charge on any atom is 0.240 e. The van der Waals surface area contributed by atoms with Gasteiger partial charge in [-0.1, -0.05) is 16.5 Å². The summed E-state index contributed by atoms with van der Waals surface area (Å²) < 4.78 is 5.11. The Morgan fingerprint density at radius 1 is 1.45 bits per heavy atom. The molecule has 1 amide bonds. The zero-order valence-corrected chi connectivity index (χ0v) is 12.0. The second kappa shape index (κ2) is 5.25. The summed E-state index contributed by atoms with van der Waals surface area (Å²) in [4.78, 5) is 18.0. The lowest BCUT2D eigenvalue weighted by molar-refractivity contribution is -0.118. The highest BCUT2D eigenvalue weighted by Crippen LogP contribution is 2.25. The van der Waals surface area contributed by atoms with Gasteiger partial charge in [-0.2, -0.15) is 4.98 Å². The number of nitrogens with zero attached hydrogens (tertiary/aromatic N) is 5. The van der Waals surface area contributed by atoms with Crippen LogP contribution in [0.4, 0.5) is 5.13 Å². The van der Waals surface area contributed by atoms with Crippen molar-refractivity contribution >= 4 is 22.4 Å². The Balaban J connectivity index is 1.45. The number of nitrogens with one attached hydrogen (secondary N) is 1. The fraction of sp³-hybridized carbons (Fsp3) is 0.545. The molecule has 1 N–H and O–H groups in total. The molecule has 2 aromatic rings. The van der Waals surface area contributed by atoms with Gasteiger partial charge >= 0.3 is 0 Å². The lowest BCUT2D eigenvalue weighted by Gasteiger charge is -2.36. The van der Waals surface area contributed by atoms with Crippen LogP contribution in [0.1, 0.15) is 22.6 Å². The third kappa shape index (κ3) is 2.83. The van der Waals surface area contributed by atoms with Crippen LogP contribution >= 0.6 is 11.3 Å². The number of hydrogen-bond donors (Lipinski definition) is 1. The lowest BCUT2D eigenvalue weighted by Crippen LogP contribution is -2.48. The number of carbonyl (C=O) groups is 1. The Hall–Kier alpha value is -1.87. The van der Waals surface area contributed by atoms with Gasteiger partial charge in [-0.25, -0.2) is 0 Å². The molecule has 0 atom stereocenters. The molecule has 0 bridgehead atoms. The van der Waals surface area contributed by atoms with Crippen LogP contribution in [0.25, 0.3) is 0 Å². The van der Waals surface area contributed by atoms with Crippen molar-refractivity contribution in [1.29, 1.82) is 0 Å². The van der Waals surface area contributed by atoms with E-state index in [1.807, 2.05) is 11.8 Å². The molecule has 9 heteroatoms. The lowest BCUT2D eigenvalue weighted by atomic mass is 10.0. The topological polar surface area (TPSA) is 97.0 Å². The van der Waals surface area contributed by atoms with E-state index in [-0.39, 0.29) is 11.8 Å². The van der Waals surface area contributed by atoms with E-state index in [9.17, 15) is 4.79 Å². The molecule has 0 radical (unpaired) electrons. The quantitative estimate of drug-likeness (QED) is 0.880. The van der Waals surface area contributed by atoms with Gasteiger partial charge in [0, 0.05) is 13.1 Å². The third-order valence-electron chi connectivity index (χ3n) is 2.99. The smallest absolute Gasteiger partial charge is 0.240 e. The molecular weight excluding hydrogens is 280 g/mol. The normalized spacial score (nSPS) is 16.1. The molecule has 3 heterocycles. The van der Waals surface area contributed by atoms with Gasteiger partial charge in [0.05, 0.1) is 12.5 Å². The van der Waals surface area contributed by atoms with Gasteiger partial charge in [-0.3, -0.25) is 15.0 Å². The fourth-order valence-electron chi connectivity index (χ4n) is 2.04. The summed E-state index contributed by atoms with van der Waals surface area (Å²) in [5.74, 6) is 1.44. The minimum Gasteiger partial charge on any atom is -0.339 e. The van der Waals surface area contributed by atoms with Crippen LogP contribution in [0.5, 0.6) is 0 Å². The zero-order valence-electron chi connectivity index (χ0n) is 11.2. The van der Waals surface area contributed by atoms with Crippen LogP contribution in [-0.2, 0) is 4.79 Å². The molecule has 8 nitrogen and oxygen atoms in total. The summed E-state index contributed by atoms with van der Waals surface area (Å²) in [6.07, 6.45) is 0. The number of aromatic nitrogens is 4. The predicted molar refractivity (Wildman–Crippen MR) is 71.5 cm³/mol. The molecule has 3 rings (SSSR count). The van der Waals surface area contributed by atoms with Gasteiger partial charge in [-0.15, -0.1) is 10.2 Å². The Bertz CT molecular complexity index is 618. The summed E-state index contributed by atoms with van der Waals surface area (Å²) in [5, 5.41) is 15.6. The van der Waals surface area contributed by atoms with E-state index in [0.717, 1.165) is 18.1 Å². The maximum absolute atomic E-state index is 11.8. The predicted octanol–water partition coefficient (Wildman–Crippen LogP) is 0.576. The van der Waals surface area contributed by atoms with Gasteiger partial charge in [0.15, 0.2) is 5.82 Å². The second-order valence-corrected chi connectivity index (χ2v) is 5.93. The highest BCUT2D eigenvalue weighted by Gasteiger charge is 2.33. The van der Waals surface area contributed by atoms with Crippen molar-refractivity contribution in [3.8, 4) is 0 Å². The van der Waals surface area contributed by atoms with Crippen molar-refractivity contribution in [3.05, 3.63) is 16.7 Å². The molecule has 0 saturated carbocycles. The third-order valence-corrected chi connectivity index (χ3v) is 3.74. The molecule has 2 aromatic heterocycles. The Kier molecular flexibility index (Phi) is 3.45. The van der Waals surface area contributed by atoms with E-state index in [0.29, 0.717) is 23.4 Å². The monoisotopic (exact) mass is 294 g/mol. The Morgan fingerprint density at radius 3 is 2.85 bits per heavy atom. The molecule has 20 heavy (non-hydrogen) atoms. The summed E-state index contributed by atoms with van der Waals surface area (Å²) in [6.45, 7) is 5.48. The number of rotatable bonds is 4. The maximum atomic E-state index is 11.8. The van der Waals surface area contributed by atoms with Crippen LogP contribution in [-0.4, -0.2) is 50.8 Å². The van der Waals surface area contributed by atoms with Crippen LogP contribution in [0.3, 0.4) is 0 Å². The highest BCUT2D eigenvalue weighted by atomic mass is 32.1. The van der Waals surface area contributed by atoms with E-state index in [2.05, 4.69) is 25.7 Å². The number of anilines is 1. The largest absolute Gasteiger partial charge is 0.339 e. The SMILES string of the molecule is Cc1noc(C2CN(CC(=O)Nc3nnc(C)s3)C2)n1. The standard InChI is InChI=1S/C11H14N6O2S/c1-6-12-10(19-16-6)8-3-17(4-8)5-9(18)13-11-15-14-7(2)20-11/h8H,3-5H2,1-2H3,(H,13,15,18). The van der Waals surface area contributed by atoms with Gasteiger partial charge in [0.2, 0.25) is 16.9 Å². The molecule has 0 spiro atoms. The Labute approximate surface area is 119 Å². The first-order valence-corrected chi connectivity index (χ1v) is 7.04. The molecule has 1 aliphatic rings. The van der Waals surface area contributed by atoms with Crippen molar-refractivity contribution in [2.75, 3.05) is 25.0 Å². The molecule has 0 unspecified atom stereocenters. The summed E-state index contributed by atoms with van der Waals surface area (Å²) in [5.41, 5.74) is 0. The molecular formula is C11H14N6O2S. The second-order valence-electron chi connectivity index (χ2n) is 4.75. The van der Waals surface area contributed by atoms with Crippen molar-refractivity contribution in [2.24, 2.45) is 0 Å². The fourth-order valence-corrected chi connectivity index (χ4v) is 2.65. The van der Waals surface area contributed by atoms with E-state index >= 15 is 0 Å². The van der Waals surface area contributed by atoms with Gasteiger partial charge in [0.1, 0.15) is 5.01 Å². The number of carbonyl (C=O) groups excluding carboxylic acids is 1. The van der Waals surface area contributed by atoms with Crippen LogP contribution in [0.15, 0.2) is 4.52 Å². The van der Waals surface area contributed by atoms with Crippen molar-refractivity contribution in [1.82, 2.24) is 25.2 Å². The molecule has 106 valence electrons. The van der Waals surface area contributed by atoms with Gasteiger partial charge < -0.3 is 4.52 Å². The van der Waals surface area contributed by atoms with Crippen molar-refractivity contribution in [2.45, 2.75) is 19.8 Å². The first kappa shape index (κ1) is 13.1. The molecule has 1 fully saturated rings. The minimum atomic E-state index is -0.0821. The number of hydrogen-bond acceptors (Lipinski definition) is 8. The first-order valence-electron chi connectivity index (χ1n) is 6.22.